The zero-order valence-corrected chi connectivity index (χ0v) is 13.3. The number of carbonyl (C=O) groups is 1. The Bertz CT molecular complexity index is 286. The predicted molar refractivity (Wildman–Crippen MR) is 80.0 cm³/mol. The van der Waals surface area contributed by atoms with Crippen LogP contribution in [-0.4, -0.2) is 54.0 Å². The zero-order valence-electron chi connectivity index (χ0n) is 13.3. The van der Waals surface area contributed by atoms with Gasteiger partial charge in [-0.05, 0) is 31.3 Å². The minimum absolute atomic E-state index is 0.116. The van der Waals surface area contributed by atoms with Gasteiger partial charge < -0.3 is 15.5 Å². The first-order chi connectivity index (χ1) is 8.81. The number of carbonyl (C=O) groups excluding carboxylic acids is 1. The van der Waals surface area contributed by atoms with Crippen molar-refractivity contribution >= 4 is 5.91 Å². The van der Waals surface area contributed by atoms with E-state index in [4.69, 9.17) is 5.73 Å². The van der Waals surface area contributed by atoms with Gasteiger partial charge in [-0.1, -0.05) is 34.6 Å². The van der Waals surface area contributed by atoms with Crippen LogP contribution in [0.4, 0.5) is 0 Å². The highest BCUT2D eigenvalue weighted by Crippen LogP contribution is 2.22. The Balaban J connectivity index is 2.52. The summed E-state index contributed by atoms with van der Waals surface area (Å²) >= 11 is 0. The third kappa shape index (κ3) is 4.18. The van der Waals surface area contributed by atoms with E-state index in [2.05, 4.69) is 18.7 Å². The standard InChI is InChI=1S/C15H31N3O/c1-6-17(7-2)12-8-10-18(11-9-12)14(19)13(16)15(3,4)5/h12-13H,6-11,16H2,1-5H3/t13-/m0/s1. The summed E-state index contributed by atoms with van der Waals surface area (Å²) in [6, 6.07) is 0.238. The van der Waals surface area contributed by atoms with Crippen molar-refractivity contribution in [2.24, 2.45) is 11.1 Å². The summed E-state index contributed by atoms with van der Waals surface area (Å²) in [7, 11) is 0. The highest BCUT2D eigenvalue weighted by molar-refractivity contribution is 5.82. The lowest BCUT2D eigenvalue weighted by molar-refractivity contribution is -0.136. The first-order valence-electron chi connectivity index (χ1n) is 7.59. The topological polar surface area (TPSA) is 49.6 Å². The van der Waals surface area contributed by atoms with Crippen LogP contribution in [0.3, 0.4) is 0 Å². The molecule has 0 aromatic heterocycles. The molecule has 0 saturated carbocycles. The van der Waals surface area contributed by atoms with Gasteiger partial charge in [0, 0.05) is 19.1 Å². The first kappa shape index (κ1) is 16.4. The second kappa shape index (κ2) is 6.71. The van der Waals surface area contributed by atoms with E-state index in [-0.39, 0.29) is 11.3 Å². The molecule has 1 aliphatic rings. The Hall–Kier alpha value is -0.610. The van der Waals surface area contributed by atoms with E-state index < -0.39 is 6.04 Å². The van der Waals surface area contributed by atoms with Crippen LogP contribution in [0.25, 0.3) is 0 Å². The monoisotopic (exact) mass is 269 g/mol. The molecule has 0 radical (unpaired) electrons. The summed E-state index contributed by atoms with van der Waals surface area (Å²) < 4.78 is 0. The summed E-state index contributed by atoms with van der Waals surface area (Å²) in [6.07, 6.45) is 2.15. The molecule has 0 aromatic rings. The van der Waals surface area contributed by atoms with Gasteiger partial charge in [-0.2, -0.15) is 0 Å². The number of nitrogens with zero attached hydrogens (tertiary/aromatic N) is 2. The number of rotatable bonds is 4. The fourth-order valence-corrected chi connectivity index (χ4v) is 2.76. The van der Waals surface area contributed by atoms with Crippen LogP contribution in [0.15, 0.2) is 0 Å². The van der Waals surface area contributed by atoms with Gasteiger partial charge in [0.2, 0.25) is 5.91 Å². The fraction of sp³-hybridized carbons (Fsp3) is 0.933. The number of nitrogens with two attached hydrogens (primary N) is 1. The lowest BCUT2D eigenvalue weighted by atomic mass is 9.86. The van der Waals surface area contributed by atoms with E-state index in [1.165, 1.54) is 0 Å². The second-order valence-electron chi connectivity index (χ2n) is 6.62. The molecule has 0 unspecified atom stereocenters. The Kier molecular flexibility index (Phi) is 5.81. The molecule has 4 nitrogen and oxygen atoms in total. The first-order valence-corrected chi connectivity index (χ1v) is 7.59. The molecule has 1 fully saturated rings. The summed E-state index contributed by atoms with van der Waals surface area (Å²) in [4.78, 5) is 16.8. The normalized spacial score (nSPS) is 19.8. The number of likely N-dealkylation sites (tertiary alicyclic amines) is 1. The van der Waals surface area contributed by atoms with Crippen molar-refractivity contribution in [3.05, 3.63) is 0 Å². The van der Waals surface area contributed by atoms with Crippen LogP contribution in [0.2, 0.25) is 0 Å². The highest BCUT2D eigenvalue weighted by Gasteiger charge is 2.33. The maximum atomic E-state index is 12.3. The average Bonchev–Trinajstić information content (AvgIpc) is 2.38. The van der Waals surface area contributed by atoms with Gasteiger partial charge in [-0.3, -0.25) is 4.79 Å². The van der Waals surface area contributed by atoms with Gasteiger partial charge >= 0.3 is 0 Å². The van der Waals surface area contributed by atoms with Crippen molar-refractivity contribution < 1.29 is 4.79 Å². The minimum Gasteiger partial charge on any atom is -0.341 e. The Morgan fingerprint density at radius 1 is 1.26 bits per heavy atom. The van der Waals surface area contributed by atoms with Crippen LogP contribution < -0.4 is 5.73 Å². The van der Waals surface area contributed by atoms with Crippen molar-refractivity contribution in [2.75, 3.05) is 26.2 Å². The van der Waals surface area contributed by atoms with Crippen molar-refractivity contribution in [1.82, 2.24) is 9.80 Å². The van der Waals surface area contributed by atoms with Gasteiger partial charge in [0.15, 0.2) is 0 Å². The van der Waals surface area contributed by atoms with Gasteiger partial charge in [-0.25, -0.2) is 0 Å². The number of hydrogen-bond donors (Lipinski definition) is 1. The molecular weight excluding hydrogens is 238 g/mol. The molecule has 1 rings (SSSR count). The molecule has 1 heterocycles. The molecule has 112 valence electrons. The lowest BCUT2D eigenvalue weighted by Crippen LogP contribution is -2.54. The maximum absolute atomic E-state index is 12.3. The largest absolute Gasteiger partial charge is 0.341 e. The number of amides is 1. The van der Waals surface area contributed by atoms with Crippen LogP contribution in [0.1, 0.15) is 47.5 Å². The van der Waals surface area contributed by atoms with Gasteiger partial charge in [-0.15, -0.1) is 0 Å². The molecule has 0 aliphatic carbocycles. The highest BCUT2D eigenvalue weighted by atomic mass is 16.2. The summed E-state index contributed by atoms with van der Waals surface area (Å²) in [5.74, 6) is 0.116. The molecule has 19 heavy (non-hydrogen) atoms. The van der Waals surface area contributed by atoms with Crippen LogP contribution in [0.5, 0.6) is 0 Å². The Morgan fingerprint density at radius 3 is 2.11 bits per heavy atom. The van der Waals surface area contributed by atoms with Crippen molar-refractivity contribution in [3.63, 3.8) is 0 Å². The zero-order chi connectivity index (χ0) is 14.6. The maximum Gasteiger partial charge on any atom is 0.240 e. The second-order valence-corrected chi connectivity index (χ2v) is 6.62. The van der Waals surface area contributed by atoms with E-state index in [1.54, 1.807) is 0 Å². The summed E-state index contributed by atoms with van der Waals surface area (Å²) in [5.41, 5.74) is 5.91. The Morgan fingerprint density at radius 2 is 1.74 bits per heavy atom. The van der Waals surface area contributed by atoms with E-state index in [0.717, 1.165) is 39.0 Å². The third-order valence-electron chi connectivity index (χ3n) is 4.30. The smallest absolute Gasteiger partial charge is 0.240 e. The average molecular weight is 269 g/mol. The van der Waals surface area contributed by atoms with Crippen molar-refractivity contribution in [3.8, 4) is 0 Å². The van der Waals surface area contributed by atoms with Gasteiger partial charge in [0.05, 0.1) is 6.04 Å². The lowest BCUT2D eigenvalue weighted by Gasteiger charge is -2.40. The van der Waals surface area contributed by atoms with Gasteiger partial charge in [0.25, 0.3) is 0 Å². The molecule has 1 saturated heterocycles. The van der Waals surface area contributed by atoms with Crippen LogP contribution in [0, 0.1) is 5.41 Å². The predicted octanol–water partition coefficient (Wildman–Crippen LogP) is 1.69. The minimum atomic E-state index is -0.391. The Labute approximate surface area is 118 Å². The van der Waals surface area contributed by atoms with Crippen molar-refractivity contribution in [1.29, 1.82) is 0 Å². The van der Waals surface area contributed by atoms with Crippen molar-refractivity contribution in [2.45, 2.75) is 59.5 Å². The molecule has 2 N–H and O–H groups in total. The molecule has 0 aromatic carbocycles. The quantitative estimate of drug-likeness (QED) is 0.845. The molecule has 4 heteroatoms. The van der Waals surface area contributed by atoms with E-state index in [9.17, 15) is 4.79 Å². The summed E-state index contributed by atoms with van der Waals surface area (Å²) in [6.45, 7) is 14.4. The van der Waals surface area contributed by atoms with Crippen LogP contribution in [-0.2, 0) is 4.79 Å². The molecule has 0 bridgehead atoms. The van der Waals surface area contributed by atoms with E-state index in [0.29, 0.717) is 6.04 Å². The number of piperidine rings is 1. The molecule has 1 amide bonds. The van der Waals surface area contributed by atoms with Crippen LogP contribution >= 0.6 is 0 Å². The molecule has 1 atom stereocenters. The fourth-order valence-electron chi connectivity index (χ4n) is 2.76. The van der Waals surface area contributed by atoms with E-state index >= 15 is 0 Å². The molecular formula is C15H31N3O. The summed E-state index contributed by atoms with van der Waals surface area (Å²) in [5, 5.41) is 0. The third-order valence-corrected chi connectivity index (χ3v) is 4.30. The molecule has 0 spiro atoms. The molecule has 1 aliphatic heterocycles. The van der Waals surface area contributed by atoms with Gasteiger partial charge in [0.1, 0.15) is 0 Å². The van der Waals surface area contributed by atoms with E-state index in [1.807, 2.05) is 25.7 Å². The SMILES string of the molecule is CCN(CC)C1CCN(C(=O)[C@H](N)C(C)(C)C)CC1. The number of hydrogen-bond acceptors (Lipinski definition) is 3.